The van der Waals surface area contributed by atoms with Crippen molar-refractivity contribution in [3.8, 4) is 0 Å². The van der Waals surface area contributed by atoms with Gasteiger partial charge in [-0.3, -0.25) is 0 Å². The number of ether oxygens (including phenoxy) is 1. The molecule has 0 aromatic heterocycles. The molecule has 0 aromatic carbocycles. The Balaban J connectivity index is 1.80. The largest absolute Gasteiger partial charge is 0.366 e. The van der Waals surface area contributed by atoms with Crippen molar-refractivity contribution in [1.29, 1.82) is 0 Å². The highest BCUT2D eigenvalue weighted by atomic mass is 16.6. The van der Waals surface area contributed by atoms with Gasteiger partial charge in [-0.05, 0) is 49.9 Å². The highest BCUT2D eigenvalue weighted by Crippen LogP contribution is 2.60. The molecule has 1 heterocycles. The number of rotatable bonds is 0. The van der Waals surface area contributed by atoms with E-state index in [1.165, 1.54) is 24.8 Å². The van der Waals surface area contributed by atoms with E-state index in [0.29, 0.717) is 11.5 Å². The summed E-state index contributed by atoms with van der Waals surface area (Å²) in [4.78, 5) is 0. The lowest BCUT2D eigenvalue weighted by molar-refractivity contribution is -0.00326. The van der Waals surface area contributed by atoms with Crippen LogP contribution in [0.25, 0.3) is 0 Å². The van der Waals surface area contributed by atoms with Gasteiger partial charge in [-0.2, -0.15) is 0 Å². The Morgan fingerprint density at radius 3 is 2.73 bits per heavy atom. The van der Waals surface area contributed by atoms with Crippen LogP contribution in [0.1, 0.15) is 46.5 Å². The molecule has 1 saturated heterocycles. The number of fused-ring (bicyclic) bond motifs is 2. The molecule has 3 fully saturated rings. The van der Waals surface area contributed by atoms with Gasteiger partial charge in [-0.25, -0.2) is 0 Å². The van der Waals surface area contributed by atoms with Crippen LogP contribution in [0.4, 0.5) is 0 Å². The van der Waals surface area contributed by atoms with Crippen LogP contribution in [-0.4, -0.2) is 11.7 Å². The fourth-order valence-electron chi connectivity index (χ4n) is 3.87. The zero-order valence-corrected chi connectivity index (χ0v) is 10.2. The lowest BCUT2D eigenvalue weighted by Gasteiger charge is -2.53. The molecular formula is C14H22O. The predicted octanol–water partition coefficient (Wildman–Crippen LogP) is 3.55. The van der Waals surface area contributed by atoms with E-state index < -0.39 is 0 Å². The average molecular weight is 206 g/mol. The number of hydrogen-bond acceptors (Lipinski definition) is 1. The van der Waals surface area contributed by atoms with Crippen LogP contribution in [0, 0.1) is 17.3 Å². The normalized spacial score (nSPS) is 51.9. The van der Waals surface area contributed by atoms with Crippen molar-refractivity contribution in [2.45, 2.75) is 58.2 Å². The van der Waals surface area contributed by atoms with Crippen molar-refractivity contribution >= 4 is 0 Å². The van der Waals surface area contributed by atoms with Gasteiger partial charge in [0.15, 0.2) is 0 Å². The van der Waals surface area contributed by atoms with Gasteiger partial charge in [0.25, 0.3) is 0 Å². The Kier molecular flexibility index (Phi) is 1.77. The minimum absolute atomic E-state index is 0.208. The number of hydrogen-bond donors (Lipinski definition) is 0. The zero-order chi connectivity index (χ0) is 10.8. The van der Waals surface area contributed by atoms with Crippen molar-refractivity contribution in [2.24, 2.45) is 17.3 Å². The van der Waals surface area contributed by atoms with Gasteiger partial charge in [0.1, 0.15) is 0 Å². The molecule has 1 heteroatoms. The van der Waals surface area contributed by atoms with Crippen molar-refractivity contribution < 1.29 is 4.74 Å². The van der Waals surface area contributed by atoms with Crippen LogP contribution in [0.2, 0.25) is 0 Å². The summed E-state index contributed by atoms with van der Waals surface area (Å²) in [6.07, 6.45) is 5.56. The molecule has 0 amide bonds. The Bertz CT molecular complexity index is 317. The van der Waals surface area contributed by atoms with Gasteiger partial charge in [0.05, 0.1) is 11.7 Å². The molecule has 1 nitrogen and oxygen atoms in total. The topological polar surface area (TPSA) is 12.5 Å². The molecule has 2 aliphatic carbocycles. The molecule has 3 aliphatic rings. The van der Waals surface area contributed by atoms with E-state index in [4.69, 9.17) is 4.74 Å². The molecule has 0 bridgehead atoms. The van der Waals surface area contributed by atoms with Crippen molar-refractivity contribution in [3.63, 3.8) is 0 Å². The average Bonchev–Trinajstić information content (AvgIpc) is 2.71. The molecule has 84 valence electrons. The first-order chi connectivity index (χ1) is 6.92. The Morgan fingerprint density at radius 2 is 2.07 bits per heavy atom. The summed E-state index contributed by atoms with van der Waals surface area (Å²) >= 11 is 0. The molecule has 3 rings (SSSR count). The summed E-state index contributed by atoms with van der Waals surface area (Å²) in [7, 11) is 0. The molecule has 4 unspecified atom stereocenters. The fourth-order valence-corrected chi connectivity index (χ4v) is 3.87. The molecule has 1 aliphatic heterocycles. The van der Waals surface area contributed by atoms with Crippen LogP contribution in [0.15, 0.2) is 12.2 Å². The maximum absolute atomic E-state index is 5.83. The van der Waals surface area contributed by atoms with Gasteiger partial charge in [0.2, 0.25) is 0 Å². The van der Waals surface area contributed by atoms with E-state index in [0.717, 1.165) is 18.3 Å². The van der Waals surface area contributed by atoms with E-state index in [1.54, 1.807) is 0 Å². The standard InChI is InChI=1S/C14H22O/c1-9-7-12-14(4,15-12)6-5-11-10(9)8-13(11,2)3/h10-12H,1,5-8H2,2-4H3. The first kappa shape index (κ1) is 9.89. The molecular weight excluding hydrogens is 184 g/mol. The minimum Gasteiger partial charge on any atom is -0.366 e. The lowest BCUT2D eigenvalue weighted by atomic mass is 9.51. The molecule has 0 radical (unpaired) electrons. The maximum atomic E-state index is 5.83. The summed E-state index contributed by atoms with van der Waals surface area (Å²) in [5.74, 6) is 1.67. The third-order valence-corrected chi connectivity index (χ3v) is 5.19. The summed E-state index contributed by atoms with van der Waals surface area (Å²) < 4.78 is 5.83. The fraction of sp³-hybridized carbons (Fsp3) is 0.857. The maximum Gasteiger partial charge on any atom is 0.0923 e. The van der Waals surface area contributed by atoms with Gasteiger partial charge in [0, 0.05) is 0 Å². The smallest absolute Gasteiger partial charge is 0.0923 e. The summed E-state index contributed by atoms with van der Waals surface area (Å²) in [6, 6.07) is 0. The highest BCUT2D eigenvalue weighted by molar-refractivity contribution is 5.19. The Labute approximate surface area is 92.9 Å². The highest BCUT2D eigenvalue weighted by Gasteiger charge is 2.57. The van der Waals surface area contributed by atoms with E-state index in [2.05, 4.69) is 27.4 Å². The van der Waals surface area contributed by atoms with E-state index >= 15 is 0 Å². The summed E-state index contributed by atoms with van der Waals surface area (Å²) in [5, 5.41) is 0. The van der Waals surface area contributed by atoms with Crippen LogP contribution in [0.3, 0.4) is 0 Å². The van der Waals surface area contributed by atoms with Crippen LogP contribution in [-0.2, 0) is 4.74 Å². The summed E-state index contributed by atoms with van der Waals surface area (Å²) in [6.45, 7) is 11.4. The van der Waals surface area contributed by atoms with Crippen LogP contribution >= 0.6 is 0 Å². The second kappa shape index (κ2) is 2.68. The van der Waals surface area contributed by atoms with E-state index in [9.17, 15) is 0 Å². The van der Waals surface area contributed by atoms with Gasteiger partial charge in [-0.1, -0.05) is 26.0 Å². The minimum atomic E-state index is 0.208. The summed E-state index contributed by atoms with van der Waals surface area (Å²) in [5.41, 5.74) is 2.22. The van der Waals surface area contributed by atoms with Crippen LogP contribution in [0.5, 0.6) is 0 Å². The third kappa shape index (κ3) is 1.32. The molecule has 0 aromatic rings. The predicted molar refractivity (Wildman–Crippen MR) is 61.6 cm³/mol. The van der Waals surface area contributed by atoms with E-state index in [1.807, 2.05) is 0 Å². The Morgan fingerprint density at radius 1 is 1.33 bits per heavy atom. The van der Waals surface area contributed by atoms with Gasteiger partial charge in [-0.15, -0.1) is 0 Å². The Hall–Kier alpha value is -0.300. The molecule has 0 spiro atoms. The second-order valence-electron chi connectivity index (χ2n) is 6.73. The first-order valence-corrected chi connectivity index (χ1v) is 6.28. The molecule has 4 atom stereocenters. The first-order valence-electron chi connectivity index (χ1n) is 6.28. The molecule has 2 saturated carbocycles. The lowest BCUT2D eigenvalue weighted by Crippen LogP contribution is -2.46. The van der Waals surface area contributed by atoms with Crippen LogP contribution < -0.4 is 0 Å². The van der Waals surface area contributed by atoms with Gasteiger partial charge < -0.3 is 4.74 Å². The molecule has 15 heavy (non-hydrogen) atoms. The van der Waals surface area contributed by atoms with Crippen molar-refractivity contribution in [1.82, 2.24) is 0 Å². The monoisotopic (exact) mass is 206 g/mol. The third-order valence-electron chi connectivity index (χ3n) is 5.19. The zero-order valence-electron chi connectivity index (χ0n) is 10.2. The number of epoxide rings is 1. The SMILES string of the molecule is C=C1CC2OC2(C)CCC2C1CC2(C)C. The van der Waals surface area contributed by atoms with E-state index in [-0.39, 0.29) is 5.60 Å². The quantitative estimate of drug-likeness (QED) is 0.436. The molecule has 0 N–H and O–H groups in total. The second-order valence-corrected chi connectivity index (χ2v) is 6.73. The van der Waals surface area contributed by atoms with Crippen molar-refractivity contribution in [3.05, 3.63) is 12.2 Å². The van der Waals surface area contributed by atoms with Gasteiger partial charge >= 0.3 is 0 Å². The van der Waals surface area contributed by atoms with Crippen molar-refractivity contribution in [2.75, 3.05) is 0 Å².